The summed E-state index contributed by atoms with van der Waals surface area (Å²) in [5.74, 6) is 0.259. The number of halogens is 1. The van der Waals surface area contributed by atoms with Gasteiger partial charge in [0.15, 0.2) is 0 Å². The molecule has 0 aromatic heterocycles. The summed E-state index contributed by atoms with van der Waals surface area (Å²) in [5, 5.41) is 6.15. The highest BCUT2D eigenvalue weighted by Gasteiger charge is 2.16. The molecule has 1 aliphatic rings. The Balaban J connectivity index is 1.62. The molecule has 136 valence electrons. The molecular weight excluding hydrogens is 354 g/mol. The SMILES string of the molecule is COc1ccc(Cl)cc1C(=O)NCc1ccc(N2CCNC(=O)C2)cc1. The number of hydrogen-bond acceptors (Lipinski definition) is 4. The Kier molecular flexibility index (Phi) is 5.63. The zero-order valence-electron chi connectivity index (χ0n) is 14.4. The number of ether oxygens (including phenoxy) is 1. The van der Waals surface area contributed by atoms with Gasteiger partial charge in [-0.25, -0.2) is 0 Å². The number of hydrogen-bond donors (Lipinski definition) is 2. The van der Waals surface area contributed by atoms with Gasteiger partial charge in [0.05, 0.1) is 19.2 Å². The van der Waals surface area contributed by atoms with Gasteiger partial charge in [0, 0.05) is 30.3 Å². The molecule has 0 unspecified atom stereocenters. The van der Waals surface area contributed by atoms with Crippen molar-refractivity contribution in [1.82, 2.24) is 10.6 Å². The van der Waals surface area contributed by atoms with E-state index in [1.54, 1.807) is 18.2 Å². The molecule has 6 nitrogen and oxygen atoms in total. The van der Waals surface area contributed by atoms with Gasteiger partial charge in [0.25, 0.3) is 5.91 Å². The normalized spacial score (nSPS) is 13.9. The summed E-state index contributed by atoms with van der Waals surface area (Å²) in [5.41, 5.74) is 2.35. The number of carbonyl (C=O) groups excluding carboxylic acids is 2. The van der Waals surface area contributed by atoms with Gasteiger partial charge < -0.3 is 20.3 Å². The van der Waals surface area contributed by atoms with Gasteiger partial charge in [-0.1, -0.05) is 23.7 Å². The fourth-order valence-electron chi connectivity index (χ4n) is 2.82. The zero-order chi connectivity index (χ0) is 18.5. The van der Waals surface area contributed by atoms with Gasteiger partial charge in [-0.15, -0.1) is 0 Å². The first-order valence-corrected chi connectivity index (χ1v) is 8.67. The third-order valence-corrected chi connectivity index (χ3v) is 4.43. The molecule has 0 bridgehead atoms. The van der Waals surface area contributed by atoms with Crippen molar-refractivity contribution >= 4 is 29.1 Å². The van der Waals surface area contributed by atoms with Crippen molar-refractivity contribution in [3.8, 4) is 5.75 Å². The van der Waals surface area contributed by atoms with Gasteiger partial charge in [0.2, 0.25) is 5.91 Å². The molecule has 2 aromatic carbocycles. The first kappa shape index (κ1) is 18.1. The van der Waals surface area contributed by atoms with Crippen LogP contribution in [-0.4, -0.2) is 38.6 Å². The highest BCUT2D eigenvalue weighted by molar-refractivity contribution is 6.31. The smallest absolute Gasteiger partial charge is 0.255 e. The number of rotatable bonds is 5. The third-order valence-electron chi connectivity index (χ3n) is 4.20. The maximum Gasteiger partial charge on any atom is 0.255 e. The molecule has 0 aliphatic carbocycles. The number of carbonyl (C=O) groups is 2. The van der Waals surface area contributed by atoms with Crippen molar-refractivity contribution in [2.45, 2.75) is 6.54 Å². The highest BCUT2D eigenvalue weighted by atomic mass is 35.5. The van der Waals surface area contributed by atoms with E-state index in [4.69, 9.17) is 16.3 Å². The molecule has 2 amide bonds. The second-order valence-corrected chi connectivity index (χ2v) is 6.40. The van der Waals surface area contributed by atoms with Crippen molar-refractivity contribution in [2.75, 3.05) is 31.6 Å². The van der Waals surface area contributed by atoms with E-state index in [0.29, 0.717) is 36.0 Å². The molecule has 1 heterocycles. The van der Waals surface area contributed by atoms with Gasteiger partial charge in [0.1, 0.15) is 5.75 Å². The molecule has 0 saturated carbocycles. The lowest BCUT2D eigenvalue weighted by atomic mass is 10.1. The van der Waals surface area contributed by atoms with E-state index in [-0.39, 0.29) is 11.8 Å². The van der Waals surface area contributed by atoms with Crippen molar-refractivity contribution in [3.05, 3.63) is 58.6 Å². The topological polar surface area (TPSA) is 70.7 Å². The fourth-order valence-corrected chi connectivity index (χ4v) is 2.99. The van der Waals surface area contributed by atoms with Crippen LogP contribution < -0.4 is 20.3 Å². The Labute approximate surface area is 157 Å². The van der Waals surface area contributed by atoms with Crippen LogP contribution in [0.1, 0.15) is 15.9 Å². The van der Waals surface area contributed by atoms with Gasteiger partial charge in [-0.3, -0.25) is 9.59 Å². The van der Waals surface area contributed by atoms with E-state index in [2.05, 4.69) is 10.6 Å². The number of amides is 2. The molecule has 0 spiro atoms. The average Bonchev–Trinajstić information content (AvgIpc) is 2.66. The summed E-state index contributed by atoms with van der Waals surface area (Å²) >= 11 is 5.97. The molecule has 1 saturated heterocycles. The fraction of sp³-hybridized carbons (Fsp3) is 0.263. The molecule has 0 atom stereocenters. The molecule has 7 heteroatoms. The molecule has 2 aromatic rings. The lowest BCUT2D eigenvalue weighted by molar-refractivity contribution is -0.120. The number of nitrogens with one attached hydrogen (secondary N) is 2. The Morgan fingerprint density at radius 1 is 1.27 bits per heavy atom. The van der Waals surface area contributed by atoms with Crippen LogP contribution >= 0.6 is 11.6 Å². The zero-order valence-corrected chi connectivity index (χ0v) is 15.2. The summed E-state index contributed by atoms with van der Waals surface area (Å²) in [4.78, 5) is 25.9. The predicted octanol–water partition coefficient (Wildman–Crippen LogP) is 2.21. The number of piperazine rings is 1. The van der Waals surface area contributed by atoms with E-state index in [0.717, 1.165) is 17.8 Å². The number of nitrogens with zero attached hydrogens (tertiary/aromatic N) is 1. The summed E-state index contributed by atoms with van der Waals surface area (Å²) in [6.45, 7) is 2.19. The maximum atomic E-state index is 12.4. The minimum absolute atomic E-state index is 0.0306. The molecular formula is C19H20ClN3O3. The summed E-state index contributed by atoms with van der Waals surface area (Å²) in [6, 6.07) is 12.7. The van der Waals surface area contributed by atoms with Crippen LogP contribution in [0.3, 0.4) is 0 Å². The monoisotopic (exact) mass is 373 g/mol. The molecule has 2 N–H and O–H groups in total. The Morgan fingerprint density at radius 3 is 2.73 bits per heavy atom. The third kappa shape index (κ3) is 4.26. The summed E-state index contributed by atoms with van der Waals surface area (Å²) in [6.07, 6.45) is 0. The van der Waals surface area contributed by atoms with Crippen molar-refractivity contribution in [1.29, 1.82) is 0 Å². The van der Waals surface area contributed by atoms with Crippen LogP contribution in [0.15, 0.2) is 42.5 Å². The molecule has 0 radical (unpaired) electrons. The van der Waals surface area contributed by atoms with E-state index >= 15 is 0 Å². The quantitative estimate of drug-likeness (QED) is 0.843. The van der Waals surface area contributed by atoms with Crippen molar-refractivity contribution < 1.29 is 14.3 Å². The van der Waals surface area contributed by atoms with Gasteiger partial charge in [-0.2, -0.15) is 0 Å². The summed E-state index contributed by atoms with van der Waals surface area (Å²) in [7, 11) is 1.51. The van der Waals surface area contributed by atoms with Crippen LogP contribution in [0.2, 0.25) is 5.02 Å². The first-order chi connectivity index (χ1) is 12.6. The highest BCUT2D eigenvalue weighted by Crippen LogP contribution is 2.22. The lowest BCUT2D eigenvalue weighted by Crippen LogP contribution is -2.47. The predicted molar refractivity (Wildman–Crippen MR) is 101 cm³/mol. The van der Waals surface area contributed by atoms with Crippen LogP contribution in [-0.2, 0) is 11.3 Å². The number of anilines is 1. The Morgan fingerprint density at radius 2 is 2.04 bits per heavy atom. The standard InChI is InChI=1S/C19H20ClN3O3/c1-26-17-7-4-14(20)10-16(17)19(25)22-11-13-2-5-15(6-3-13)23-9-8-21-18(24)12-23/h2-7,10H,8-9,11-12H2,1H3,(H,21,24)(H,22,25). The molecule has 1 fully saturated rings. The average molecular weight is 374 g/mol. The minimum atomic E-state index is -0.249. The summed E-state index contributed by atoms with van der Waals surface area (Å²) < 4.78 is 5.21. The van der Waals surface area contributed by atoms with Crippen molar-refractivity contribution in [3.63, 3.8) is 0 Å². The minimum Gasteiger partial charge on any atom is -0.496 e. The van der Waals surface area contributed by atoms with E-state index < -0.39 is 0 Å². The van der Waals surface area contributed by atoms with Crippen LogP contribution in [0, 0.1) is 0 Å². The van der Waals surface area contributed by atoms with Crippen LogP contribution in [0.4, 0.5) is 5.69 Å². The largest absolute Gasteiger partial charge is 0.496 e. The Hall–Kier alpha value is -2.73. The van der Waals surface area contributed by atoms with Gasteiger partial charge in [-0.05, 0) is 35.9 Å². The molecule has 3 rings (SSSR count). The number of benzene rings is 2. The lowest BCUT2D eigenvalue weighted by Gasteiger charge is -2.28. The number of methoxy groups -OCH3 is 1. The van der Waals surface area contributed by atoms with Crippen LogP contribution in [0.25, 0.3) is 0 Å². The second kappa shape index (κ2) is 8.10. The van der Waals surface area contributed by atoms with E-state index in [1.165, 1.54) is 7.11 Å². The van der Waals surface area contributed by atoms with E-state index in [1.807, 2.05) is 29.2 Å². The van der Waals surface area contributed by atoms with Crippen molar-refractivity contribution in [2.24, 2.45) is 0 Å². The Bertz CT molecular complexity index is 808. The first-order valence-electron chi connectivity index (χ1n) is 8.29. The van der Waals surface area contributed by atoms with Gasteiger partial charge >= 0.3 is 0 Å². The van der Waals surface area contributed by atoms with Crippen LogP contribution in [0.5, 0.6) is 5.75 Å². The van der Waals surface area contributed by atoms with E-state index in [9.17, 15) is 9.59 Å². The molecule has 26 heavy (non-hydrogen) atoms. The second-order valence-electron chi connectivity index (χ2n) is 5.97. The maximum absolute atomic E-state index is 12.4. The molecule has 1 aliphatic heterocycles.